The molecule has 12 aromatic rings. The van der Waals surface area contributed by atoms with Crippen LogP contribution in [-0.4, -0.2) is 4.57 Å². The molecule has 0 fully saturated rings. The molecule has 0 amide bonds. The molecular formula is C65H44N2. The Bertz CT molecular complexity index is 3730. The summed E-state index contributed by atoms with van der Waals surface area (Å²) in [5.74, 6) is 0. The molecule has 67 heavy (non-hydrogen) atoms. The molecule has 0 unspecified atom stereocenters. The van der Waals surface area contributed by atoms with Gasteiger partial charge in [-0.1, -0.05) is 194 Å². The zero-order valence-corrected chi connectivity index (χ0v) is 36.8. The van der Waals surface area contributed by atoms with E-state index in [-0.39, 0.29) is 0 Å². The molecule has 13 rings (SSSR count). The van der Waals surface area contributed by atoms with E-state index in [2.05, 4.69) is 276 Å². The molecule has 0 aliphatic heterocycles. The largest absolute Gasteiger partial charge is 0.310 e. The predicted molar refractivity (Wildman–Crippen MR) is 281 cm³/mol. The van der Waals surface area contributed by atoms with Crippen molar-refractivity contribution in [3.63, 3.8) is 0 Å². The van der Waals surface area contributed by atoms with Crippen LogP contribution in [-0.2, 0) is 5.41 Å². The molecule has 314 valence electrons. The lowest BCUT2D eigenvalue weighted by atomic mass is 9.67. The van der Waals surface area contributed by atoms with Crippen LogP contribution in [0.3, 0.4) is 0 Å². The van der Waals surface area contributed by atoms with Gasteiger partial charge in [-0.05, 0) is 139 Å². The van der Waals surface area contributed by atoms with Gasteiger partial charge in [-0.2, -0.15) is 0 Å². The van der Waals surface area contributed by atoms with Gasteiger partial charge in [0.05, 0.1) is 16.4 Å². The molecule has 0 saturated carbocycles. The molecule has 0 bridgehead atoms. The highest BCUT2D eigenvalue weighted by Gasteiger charge is 2.46. The Morgan fingerprint density at radius 3 is 1.43 bits per heavy atom. The smallest absolute Gasteiger partial charge is 0.0713 e. The summed E-state index contributed by atoms with van der Waals surface area (Å²) in [7, 11) is 0. The Labute approximate surface area is 390 Å². The lowest BCUT2D eigenvalue weighted by molar-refractivity contribution is 0.770. The fraction of sp³-hybridized carbons (Fsp3) is 0.0154. The molecule has 0 saturated heterocycles. The first-order valence-electron chi connectivity index (χ1n) is 23.2. The Hall–Kier alpha value is -8.72. The van der Waals surface area contributed by atoms with Crippen molar-refractivity contribution in [2.24, 2.45) is 0 Å². The fourth-order valence-electron chi connectivity index (χ4n) is 11.0. The minimum absolute atomic E-state index is 0.513. The average molecular weight is 853 g/mol. The SMILES string of the molecule is c1ccc(-c2ccc(N(c3ccc(-c4ccc5ccccc5c4)cc3)c3ccc4c(c3)c3cc(C5(c6ccccc6)c6ccccc6-c6ccccc65)ccc3n4-c3ccccc3)cc2)cc1. The summed E-state index contributed by atoms with van der Waals surface area (Å²) in [5, 5.41) is 4.89. The van der Waals surface area contributed by atoms with Crippen molar-refractivity contribution >= 4 is 49.6 Å². The van der Waals surface area contributed by atoms with E-state index in [1.165, 1.54) is 82.7 Å². The Morgan fingerprint density at radius 1 is 0.299 bits per heavy atom. The first-order chi connectivity index (χ1) is 33.2. The van der Waals surface area contributed by atoms with E-state index in [0.717, 1.165) is 28.3 Å². The standard InChI is InChI=1S/C65H44N2/c1-4-16-45(17-5-1)47-30-35-54(36-31-47)66(55-37-32-48(33-38-55)50-29-28-46-18-10-11-19-49(46)42-50)56-39-41-64-60(44-56)59-43-52(34-40-63(59)67(64)53-22-8-3-9-23-53)65(51-20-6-2-7-21-51)61-26-14-12-24-57(61)58-25-13-15-27-62(58)65/h1-44H. The van der Waals surface area contributed by atoms with Crippen molar-refractivity contribution in [2.45, 2.75) is 5.41 Å². The predicted octanol–water partition coefficient (Wildman–Crippen LogP) is 17.1. The maximum atomic E-state index is 2.49. The lowest BCUT2D eigenvalue weighted by Crippen LogP contribution is -2.28. The van der Waals surface area contributed by atoms with Gasteiger partial charge in [0.15, 0.2) is 0 Å². The molecular weight excluding hydrogens is 809 g/mol. The second-order valence-corrected chi connectivity index (χ2v) is 17.7. The number of hydrogen-bond acceptors (Lipinski definition) is 1. The molecule has 1 aliphatic rings. The van der Waals surface area contributed by atoms with Crippen LogP contribution < -0.4 is 4.90 Å². The molecule has 0 atom stereocenters. The zero-order chi connectivity index (χ0) is 44.3. The molecule has 2 nitrogen and oxygen atoms in total. The van der Waals surface area contributed by atoms with E-state index >= 15 is 0 Å². The first-order valence-corrected chi connectivity index (χ1v) is 23.2. The van der Waals surface area contributed by atoms with Crippen LogP contribution in [0.1, 0.15) is 22.3 Å². The van der Waals surface area contributed by atoms with E-state index < -0.39 is 5.41 Å². The summed E-state index contributed by atoms with van der Waals surface area (Å²) in [4.78, 5) is 2.41. The van der Waals surface area contributed by atoms with Gasteiger partial charge in [0.1, 0.15) is 0 Å². The molecule has 1 aromatic heterocycles. The fourth-order valence-corrected chi connectivity index (χ4v) is 11.0. The number of nitrogens with zero attached hydrogens (tertiary/aromatic N) is 2. The Morgan fingerprint density at radius 2 is 0.776 bits per heavy atom. The third kappa shape index (κ3) is 6.26. The quantitative estimate of drug-likeness (QED) is 0.148. The maximum absolute atomic E-state index is 2.49. The minimum Gasteiger partial charge on any atom is -0.310 e. The second kappa shape index (κ2) is 15.8. The van der Waals surface area contributed by atoms with Crippen LogP contribution in [0.4, 0.5) is 17.1 Å². The Balaban J connectivity index is 1.03. The molecule has 1 aliphatic carbocycles. The monoisotopic (exact) mass is 852 g/mol. The highest BCUT2D eigenvalue weighted by atomic mass is 15.1. The van der Waals surface area contributed by atoms with E-state index in [1.54, 1.807) is 0 Å². The van der Waals surface area contributed by atoms with E-state index in [9.17, 15) is 0 Å². The number of para-hydroxylation sites is 1. The molecule has 0 radical (unpaired) electrons. The van der Waals surface area contributed by atoms with Gasteiger partial charge in [0.25, 0.3) is 0 Å². The van der Waals surface area contributed by atoms with Crippen LogP contribution in [0.25, 0.3) is 71.6 Å². The van der Waals surface area contributed by atoms with Gasteiger partial charge in [-0.15, -0.1) is 0 Å². The van der Waals surface area contributed by atoms with Gasteiger partial charge < -0.3 is 9.47 Å². The number of anilines is 3. The molecule has 1 heterocycles. The number of rotatable bonds is 8. The lowest BCUT2D eigenvalue weighted by Gasteiger charge is -2.34. The summed E-state index contributed by atoms with van der Waals surface area (Å²) < 4.78 is 2.43. The number of hydrogen-bond donors (Lipinski definition) is 0. The number of fused-ring (bicyclic) bond motifs is 7. The van der Waals surface area contributed by atoms with Crippen LogP contribution >= 0.6 is 0 Å². The normalized spacial score (nSPS) is 12.6. The third-order valence-electron chi connectivity index (χ3n) is 14.1. The summed E-state index contributed by atoms with van der Waals surface area (Å²) in [6.07, 6.45) is 0. The Kier molecular flexibility index (Phi) is 9.11. The van der Waals surface area contributed by atoms with E-state index in [1.807, 2.05) is 0 Å². The average Bonchev–Trinajstić information content (AvgIpc) is 3.90. The van der Waals surface area contributed by atoms with Crippen LogP contribution in [0.15, 0.2) is 267 Å². The van der Waals surface area contributed by atoms with Gasteiger partial charge in [0, 0.05) is 33.5 Å². The van der Waals surface area contributed by atoms with Gasteiger partial charge in [-0.25, -0.2) is 0 Å². The maximum Gasteiger partial charge on any atom is 0.0713 e. The second-order valence-electron chi connectivity index (χ2n) is 17.7. The highest BCUT2D eigenvalue weighted by Crippen LogP contribution is 2.56. The van der Waals surface area contributed by atoms with Crippen molar-refractivity contribution in [3.05, 3.63) is 289 Å². The molecule has 11 aromatic carbocycles. The van der Waals surface area contributed by atoms with Crippen LogP contribution in [0, 0.1) is 0 Å². The third-order valence-corrected chi connectivity index (χ3v) is 14.1. The number of benzene rings is 11. The molecule has 0 spiro atoms. The summed E-state index contributed by atoms with van der Waals surface area (Å²) in [6.45, 7) is 0. The summed E-state index contributed by atoms with van der Waals surface area (Å²) >= 11 is 0. The summed E-state index contributed by atoms with van der Waals surface area (Å²) in [5.41, 5.74) is 18.7. The van der Waals surface area contributed by atoms with Gasteiger partial charge >= 0.3 is 0 Å². The van der Waals surface area contributed by atoms with Gasteiger partial charge in [0.2, 0.25) is 0 Å². The van der Waals surface area contributed by atoms with Crippen molar-refractivity contribution in [3.8, 4) is 39.1 Å². The van der Waals surface area contributed by atoms with Crippen molar-refractivity contribution < 1.29 is 0 Å². The van der Waals surface area contributed by atoms with Gasteiger partial charge in [-0.3, -0.25) is 0 Å². The summed E-state index contributed by atoms with van der Waals surface area (Å²) in [6, 6.07) is 98.1. The number of aromatic nitrogens is 1. The van der Waals surface area contributed by atoms with Crippen molar-refractivity contribution in [1.29, 1.82) is 0 Å². The van der Waals surface area contributed by atoms with Crippen LogP contribution in [0.5, 0.6) is 0 Å². The zero-order valence-electron chi connectivity index (χ0n) is 36.8. The van der Waals surface area contributed by atoms with Crippen molar-refractivity contribution in [2.75, 3.05) is 4.90 Å². The minimum atomic E-state index is -0.513. The molecule has 0 N–H and O–H groups in total. The van der Waals surface area contributed by atoms with E-state index in [4.69, 9.17) is 0 Å². The van der Waals surface area contributed by atoms with E-state index in [0.29, 0.717) is 0 Å². The topological polar surface area (TPSA) is 8.17 Å². The molecule has 2 heteroatoms. The van der Waals surface area contributed by atoms with Crippen LogP contribution in [0.2, 0.25) is 0 Å². The van der Waals surface area contributed by atoms with Crippen molar-refractivity contribution in [1.82, 2.24) is 4.57 Å². The highest BCUT2D eigenvalue weighted by molar-refractivity contribution is 6.11. The first kappa shape index (κ1) is 38.7.